The lowest BCUT2D eigenvalue weighted by molar-refractivity contribution is 0.218. The monoisotopic (exact) mass is 426 g/mol. The van der Waals surface area contributed by atoms with Gasteiger partial charge < -0.3 is 0 Å². The summed E-state index contributed by atoms with van der Waals surface area (Å²) < 4.78 is 1.85. The summed E-state index contributed by atoms with van der Waals surface area (Å²) in [5, 5.41) is 1.68. The number of thioether (sulfide) groups is 1. The van der Waals surface area contributed by atoms with Crippen LogP contribution in [0.1, 0.15) is 56.5 Å². The van der Waals surface area contributed by atoms with E-state index in [9.17, 15) is 4.79 Å². The topological polar surface area (TPSA) is 34.9 Å². The number of rotatable bonds is 4. The highest BCUT2D eigenvalue weighted by Crippen LogP contribution is 2.42. The fourth-order valence-corrected chi connectivity index (χ4v) is 6.44. The summed E-state index contributed by atoms with van der Waals surface area (Å²) in [6.07, 6.45) is 4.27. The average molecular weight is 427 g/mol. The quantitative estimate of drug-likeness (QED) is 0.357. The van der Waals surface area contributed by atoms with Gasteiger partial charge in [0.25, 0.3) is 5.56 Å². The zero-order chi connectivity index (χ0) is 20.8. The van der Waals surface area contributed by atoms with Crippen LogP contribution in [-0.4, -0.2) is 15.3 Å². The Morgan fingerprint density at radius 3 is 2.79 bits per heavy atom. The SMILES string of the molecule is CCCSc1nc2sc3c(c2c(=O)n1-c1cccc(C)c1)CCC(C(C)(C)C)C3. The number of nitrogens with zero attached hydrogens (tertiary/aromatic N) is 2. The molecule has 0 N–H and O–H groups in total. The maximum Gasteiger partial charge on any atom is 0.267 e. The Labute approximate surface area is 181 Å². The smallest absolute Gasteiger partial charge is 0.267 e. The van der Waals surface area contributed by atoms with Gasteiger partial charge in [-0.05, 0) is 67.2 Å². The third kappa shape index (κ3) is 3.91. The molecule has 29 heavy (non-hydrogen) atoms. The summed E-state index contributed by atoms with van der Waals surface area (Å²) in [5.41, 5.74) is 3.74. The lowest BCUT2D eigenvalue weighted by atomic mass is 9.72. The summed E-state index contributed by atoms with van der Waals surface area (Å²) >= 11 is 3.44. The number of benzene rings is 1. The van der Waals surface area contributed by atoms with E-state index in [1.54, 1.807) is 23.1 Å². The van der Waals surface area contributed by atoms with E-state index in [0.717, 1.165) is 58.1 Å². The summed E-state index contributed by atoms with van der Waals surface area (Å²) in [4.78, 5) is 21.1. The molecule has 0 saturated carbocycles. The van der Waals surface area contributed by atoms with Crippen LogP contribution in [0.3, 0.4) is 0 Å². The number of hydrogen-bond acceptors (Lipinski definition) is 4. The molecule has 1 unspecified atom stereocenters. The second-order valence-electron chi connectivity index (χ2n) is 9.21. The van der Waals surface area contributed by atoms with Crippen LogP contribution in [0.5, 0.6) is 0 Å². The summed E-state index contributed by atoms with van der Waals surface area (Å²) in [6, 6.07) is 8.19. The van der Waals surface area contributed by atoms with Crippen molar-refractivity contribution in [2.24, 2.45) is 11.3 Å². The van der Waals surface area contributed by atoms with E-state index in [1.165, 1.54) is 10.4 Å². The number of hydrogen-bond donors (Lipinski definition) is 0. The van der Waals surface area contributed by atoms with Gasteiger partial charge in [-0.2, -0.15) is 0 Å². The van der Waals surface area contributed by atoms with Gasteiger partial charge in [-0.3, -0.25) is 9.36 Å². The standard InChI is InChI=1S/C24H30N2OS2/c1-6-12-28-23-25-21-20(22(27)26(23)17-9-7-8-15(2)13-17)18-11-10-16(24(3,4)5)14-19(18)29-21/h7-9,13,16H,6,10-12,14H2,1-5H3. The molecule has 4 rings (SSSR count). The lowest BCUT2D eigenvalue weighted by Gasteiger charge is -2.33. The van der Waals surface area contributed by atoms with Crippen molar-refractivity contribution >= 4 is 33.3 Å². The first-order valence-corrected chi connectivity index (χ1v) is 12.4. The van der Waals surface area contributed by atoms with Crippen molar-refractivity contribution in [2.45, 2.75) is 65.5 Å². The molecule has 0 saturated heterocycles. The summed E-state index contributed by atoms with van der Waals surface area (Å²) in [6.45, 7) is 11.2. The number of thiophene rings is 1. The van der Waals surface area contributed by atoms with Crippen molar-refractivity contribution < 1.29 is 0 Å². The van der Waals surface area contributed by atoms with Crippen LogP contribution in [0.15, 0.2) is 34.2 Å². The Morgan fingerprint density at radius 2 is 2.10 bits per heavy atom. The highest BCUT2D eigenvalue weighted by Gasteiger charge is 2.32. The third-order valence-corrected chi connectivity index (χ3v) is 8.26. The van der Waals surface area contributed by atoms with Crippen molar-refractivity contribution in [2.75, 3.05) is 5.75 Å². The largest absolute Gasteiger partial charge is 0.268 e. The van der Waals surface area contributed by atoms with Gasteiger partial charge in [0, 0.05) is 10.6 Å². The molecular weight excluding hydrogens is 396 g/mol. The minimum atomic E-state index is 0.103. The van der Waals surface area contributed by atoms with E-state index in [1.807, 2.05) is 16.7 Å². The van der Waals surface area contributed by atoms with E-state index in [2.05, 4.69) is 46.8 Å². The maximum absolute atomic E-state index is 13.8. The van der Waals surface area contributed by atoms with Gasteiger partial charge in [-0.1, -0.05) is 51.6 Å². The van der Waals surface area contributed by atoms with Gasteiger partial charge >= 0.3 is 0 Å². The van der Waals surface area contributed by atoms with Crippen LogP contribution in [0.25, 0.3) is 15.9 Å². The van der Waals surface area contributed by atoms with Crippen LogP contribution in [0.2, 0.25) is 0 Å². The molecule has 1 atom stereocenters. The number of fused-ring (bicyclic) bond motifs is 3. The van der Waals surface area contributed by atoms with Gasteiger partial charge in [-0.25, -0.2) is 4.98 Å². The Morgan fingerprint density at radius 1 is 1.31 bits per heavy atom. The first kappa shape index (κ1) is 20.7. The first-order valence-electron chi connectivity index (χ1n) is 10.6. The Hall–Kier alpha value is -1.59. The maximum atomic E-state index is 13.8. The molecule has 3 nitrogen and oxygen atoms in total. The summed E-state index contributed by atoms with van der Waals surface area (Å²) in [7, 11) is 0. The van der Waals surface area contributed by atoms with E-state index < -0.39 is 0 Å². The minimum Gasteiger partial charge on any atom is -0.268 e. The molecule has 0 amide bonds. The van der Waals surface area contributed by atoms with Crippen molar-refractivity contribution in [1.29, 1.82) is 0 Å². The average Bonchev–Trinajstić information content (AvgIpc) is 3.03. The van der Waals surface area contributed by atoms with Crippen LogP contribution < -0.4 is 5.56 Å². The zero-order valence-electron chi connectivity index (χ0n) is 18.0. The second-order valence-corrected chi connectivity index (χ2v) is 11.4. The van der Waals surface area contributed by atoms with Crippen molar-refractivity contribution in [3.05, 3.63) is 50.6 Å². The van der Waals surface area contributed by atoms with Crippen molar-refractivity contribution in [3.8, 4) is 5.69 Å². The fraction of sp³-hybridized carbons (Fsp3) is 0.500. The Bertz CT molecular complexity index is 1100. The molecule has 3 aromatic rings. The molecule has 0 bridgehead atoms. The molecule has 1 aliphatic carbocycles. The second kappa shape index (κ2) is 7.92. The predicted molar refractivity (Wildman–Crippen MR) is 126 cm³/mol. The van der Waals surface area contributed by atoms with Crippen LogP contribution in [0, 0.1) is 18.3 Å². The fourth-order valence-electron chi connectivity index (χ4n) is 4.23. The van der Waals surface area contributed by atoms with Crippen LogP contribution in [-0.2, 0) is 12.8 Å². The van der Waals surface area contributed by atoms with Gasteiger partial charge in [0.05, 0.1) is 11.1 Å². The van der Waals surface area contributed by atoms with E-state index in [0.29, 0.717) is 11.3 Å². The van der Waals surface area contributed by atoms with Crippen molar-refractivity contribution in [1.82, 2.24) is 9.55 Å². The van der Waals surface area contributed by atoms with Crippen LogP contribution >= 0.6 is 23.1 Å². The molecule has 1 aliphatic rings. The Balaban J connectivity index is 1.91. The van der Waals surface area contributed by atoms with Crippen LogP contribution in [0.4, 0.5) is 0 Å². The normalized spacial score (nSPS) is 16.9. The van der Waals surface area contributed by atoms with Gasteiger partial charge in [0.1, 0.15) is 4.83 Å². The summed E-state index contributed by atoms with van der Waals surface area (Å²) in [5.74, 6) is 1.62. The van der Waals surface area contributed by atoms with Gasteiger partial charge in [0.2, 0.25) is 0 Å². The lowest BCUT2D eigenvalue weighted by Crippen LogP contribution is -2.27. The van der Waals surface area contributed by atoms with Crippen molar-refractivity contribution in [3.63, 3.8) is 0 Å². The molecule has 154 valence electrons. The molecule has 0 spiro atoms. The third-order valence-electron chi connectivity index (χ3n) is 5.97. The van der Waals surface area contributed by atoms with E-state index in [-0.39, 0.29) is 5.56 Å². The van der Waals surface area contributed by atoms with E-state index >= 15 is 0 Å². The van der Waals surface area contributed by atoms with Gasteiger partial charge in [0.15, 0.2) is 5.16 Å². The van der Waals surface area contributed by atoms with E-state index in [4.69, 9.17) is 4.98 Å². The molecule has 0 radical (unpaired) electrons. The molecule has 5 heteroatoms. The molecule has 0 fully saturated rings. The first-order chi connectivity index (χ1) is 13.8. The molecule has 0 aliphatic heterocycles. The zero-order valence-corrected chi connectivity index (χ0v) is 19.7. The predicted octanol–water partition coefficient (Wildman–Crippen LogP) is 6.41. The molecule has 2 aromatic heterocycles. The molecule has 2 heterocycles. The number of aryl methyl sites for hydroxylation is 2. The molecule has 1 aromatic carbocycles. The highest BCUT2D eigenvalue weighted by atomic mass is 32.2. The minimum absolute atomic E-state index is 0.103. The number of aromatic nitrogens is 2. The Kier molecular flexibility index (Phi) is 5.64. The van der Waals surface area contributed by atoms with Gasteiger partial charge in [-0.15, -0.1) is 11.3 Å². The highest BCUT2D eigenvalue weighted by molar-refractivity contribution is 7.99. The molecular formula is C24H30N2OS2.